The molecule has 1 saturated heterocycles. The Morgan fingerprint density at radius 2 is 2.04 bits per heavy atom. The molecule has 1 amide bonds. The lowest BCUT2D eigenvalue weighted by Crippen LogP contribution is -2.30. The first kappa shape index (κ1) is 16.5. The third kappa shape index (κ3) is 3.92. The summed E-state index contributed by atoms with van der Waals surface area (Å²) in [6.07, 6.45) is 1.04. The van der Waals surface area contributed by atoms with Gasteiger partial charge in [-0.15, -0.1) is 0 Å². The van der Waals surface area contributed by atoms with Crippen LogP contribution in [-0.2, 0) is 0 Å². The topological polar surface area (TPSA) is 41.6 Å². The number of benzene rings is 2. The van der Waals surface area contributed by atoms with Gasteiger partial charge in [0.25, 0.3) is 5.91 Å². The summed E-state index contributed by atoms with van der Waals surface area (Å²) in [5.74, 6) is 1.24. The van der Waals surface area contributed by atoms with Crippen molar-refractivity contribution in [3.63, 3.8) is 0 Å². The summed E-state index contributed by atoms with van der Waals surface area (Å²) in [6, 6.07) is 13.0. The van der Waals surface area contributed by atoms with Gasteiger partial charge in [0, 0.05) is 24.7 Å². The second-order valence-corrected chi connectivity index (χ2v) is 6.05. The monoisotopic (exact) mass is 328 g/mol. The molecule has 1 unspecified atom stereocenters. The maximum Gasteiger partial charge on any atom is 0.253 e. The fourth-order valence-corrected chi connectivity index (χ4v) is 2.99. The minimum atomic E-state index is -0.343. The summed E-state index contributed by atoms with van der Waals surface area (Å²) < 4.78 is 18.8. The minimum absolute atomic E-state index is 0.0471. The maximum atomic E-state index is 13.2. The Hall–Kier alpha value is -2.40. The van der Waals surface area contributed by atoms with Crippen LogP contribution < -0.4 is 10.1 Å². The van der Waals surface area contributed by atoms with Crippen molar-refractivity contribution in [3.8, 4) is 11.5 Å². The van der Waals surface area contributed by atoms with Crippen molar-refractivity contribution in [2.24, 2.45) is 5.92 Å². The lowest BCUT2D eigenvalue weighted by atomic mass is 10.1. The van der Waals surface area contributed by atoms with Gasteiger partial charge in [0.1, 0.15) is 17.3 Å². The Bertz CT molecular complexity index is 703. The fraction of sp³-hybridized carbons (Fsp3) is 0.316. The number of carbonyl (C=O) groups excluding carboxylic acids is 1. The molecule has 0 aliphatic carbocycles. The van der Waals surface area contributed by atoms with Crippen LogP contribution in [0.3, 0.4) is 0 Å². The number of halogens is 1. The van der Waals surface area contributed by atoms with Gasteiger partial charge in [0.15, 0.2) is 0 Å². The molecule has 0 saturated carbocycles. The maximum absolute atomic E-state index is 13.2. The number of nitrogens with one attached hydrogen (secondary N) is 1. The predicted molar refractivity (Wildman–Crippen MR) is 90.9 cm³/mol. The summed E-state index contributed by atoms with van der Waals surface area (Å²) in [4.78, 5) is 14.4. The van der Waals surface area contributed by atoms with Gasteiger partial charge < -0.3 is 15.0 Å². The average Bonchev–Trinajstić information content (AvgIpc) is 3.04. The van der Waals surface area contributed by atoms with Crippen molar-refractivity contribution in [1.82, 2.24) is 10.2 Å². The van der Waals surface area contributed by atoms with E-state index in [4.69, 9.17) is 4.74 Å². The summed E-state index contributed by atoms with van der Waals surface area (Å²) in [5, 5.41) is 3.16. The van der Waals surface area contributed by atoms with Gasteiger partial charge in [-0.2, -0.15) is 0 Å². The third-order valence-corrected chi connectivity index (χ3v) is 4.20. The van der Waals surface area contributed by atoms with E-state index in [9.17, 15) is 9.18 Å². The van der Waals surface area contributed by atoms with E-state index in [-0.39, 0.29) is 11.7 Å². The second-order valence-electron chi connectivity index (χ2n) is 6.05. The highest BCUT2D eigenvalue weighted by atomic mass is 19.1. The van der Waals surface area contributed by atoms with Crippen LogP contribution in [0.4, 0.5) is 4.39 Å². The number of carbonyl (C=O) groups is 1. The largest absolute Gasteiger partial charge is 0.457 e. The number of hydrogen-bond acceptors (Lipinski definition) is 3. The molecule has 1 heterocycles. The first-order valence-corrected chi connectivity index (χ1v) is 8.13. The van der Waals surface area contributed by atoms with E-state index in [1.165, 1.54) is 12.1 Å². The number of amides is 1. The molecule has 1 aliphatic rings. The molecular formula is C19H21FN2O2. The van der Waals surface area contributed by atoms with Crippen LogP contribution in [0.2, 0.25) is 0 Å². The van der Waals surface area contributed by atoms with Gasteiger partial charge in [-0.3, -0.25) is 4.79 Å². The smallest absolute Gasteiger partial charge is 0.253 e. The fourth-order valence-electron chi connectivity index (χ4n) is 2.99. The Kier molecular flexibility index (Phi) is 5.11. The molecule has 2 aromatic rings. The highest BCUT2D eigenvalue weighted by Crippen LogP contribution is 2.24. The van der Waals surface area contributed by atoms with E-state index in [0.717, 1.165) is 26.1 Å². The Morgan fingerprint density at radius 1 is 1.25 bits per heavy atom. The zero-order chi connectivity index (χ0) is 16.9. The predicted octanol–water partition coefficient (Wildman–Crippen LogP) is 3.30. The van der Waals surface area contributed by atoms with Gasteiger partial charge in [-0.05, 0) is 62.3 Å². The van der Waals surface area contributed by atoms with E-state index in [2.05, 4.69) is 5.32 Å². The summed E-state index contributed by atoms with van der Waals surface area (Å²) in [6.45, 7) is 2.53. The number of ether oxygens (including phenoxy) is 1. The van der Waals surface area contributed by atoms with Crippen molar-refractivity contribution >= 4 is 5.91 Å². The van der Waals surface area contributed by atoms with E-state index in [1.54, 1.807) is 36.4 Å². The van der Waals surface area contributed by atoms with Crippen molar-refractivity contribution in [2.45, 2.75) is 6.42 Å². The molecule has 0 spiro atoms. The molecule has 1 N–H and O–H groups in total. The third-order valence-electron chi connectivity index (χ3n) is 4.20. The zero-order valence-electron chi connectivity index (χ0n) is 13.7. The Labute approximate surface area is 141 Å². The quantitative estimate of drug-likeness (QED) is 0.916. The van der Waals surface area contributed by atoms with Crippen LogP contribution in [0.25, 0.3) is 0 Å². The lowest BCUT2D eigenvalue weighted by molar-refractivity contribution is 0.0787. The first-order valence-electron chi connectivity index (χ1n) is 8.13. The van der Waals surface area contributed by atoms with Gasteiger partial charge in [-0.25, -0.2) is 4.39 Å². The van der Waals surface area contributed by atoms with Crippen LogP contribution >= 0.6 is 0 Å². The van der Waals surface area contributed by atoms with Gasteiger partial charge in [0.05, 0.1) is 0 Å². The molecule has 0 bridgehead atoms. The highest BCUT2D eigenvalue weighted by Gasteiger charge is 2.26. The van der Waals surface area contributed by atoms with Crippen LogP contribution in [-0.4, -0.2) is 37.5 Å². The van der Waals surface area contributed by atoms with Crippen LogP contribution in [0.1, 0.15) is 16.8 Å². The molecule has 1 atom stereocenters. The average molecular weight is 328 g/mol. The Balaban J connectivity index is 1.63. The van der Waals surface area contributed by atoms with Gasteiger partial charge in [-0.1, -0.05) is 6.07 Å². The van der Waals surface area contributed by atoms with Crippen molar-refractivity contribution in [3.05, 3.63) is 59.9 Å². The molecular weight excluding hydrogens is 307 g/mol. The van der Waals surface area contributed by atoms with E-state index >= 15 is 0 Å². The van der Waals surface area contributed by atoms with Crippen molar-refractivity contribution < 1.29 is 13.9 Å². The molecule has 1 aliphatic heterocycles. The molecule has 0 aromatic heterocycles. The zero-order valence-corrected chi connectivity index (χ0v) is 13.7. The first-order chi connectivity index (χ1) is 11.7. The summed E-state index contributed by atoms with van der Waals surface area (Å²) >= 11 is 0. The Morgan fingerprint density at radius 3 is 2.75 bits per heavy atom. The molecule has 5 heteroatoms. The second kappa shape index (κ2) is 7.45. The number of nitrogens with zero attached hydrogens (tertiary/aromatic N) is 1. The lowest BCUT2D eigenvalue weighted by Gasteiger charge is -2.17. The standard InChI is InChI=1S/C19H21FN2O2/c1-21-12-14-9-10-22(13-14)19(23)15-5-7-17(8-6-15)24-18-4-2-3-16(20)11-18/h2-8,11,14,21H,9-10,12-13H2,1H3. The van der Waals surface area contributed by atoms with Crippen LogP contribution in [0.5, 0.6) is 11.5 Å². The molecule has 4 nitrogen and oxygen atoms in total. The molecule has 3 rings (SSSR count). The highest BCUT2D eigenvalue weighted by molar-refractivity contribution is 5.94. The van der Waals surface area contributed by atoms with Crippen molar-refractivity contribution in [2.75, 3.05) is 26.7 Å². The van der Waals surface area contributed by atoms with E-state index in [1.807, 2.05) is 11.9 Å². The van der Waals surface area contributed by atoms with Gasteiger partial charge >= 0.3 is 0 Å². The SMILES string of the molecule is CNCC1CCN(C(=O)c2ccc(Oc3cccc(F)c3)cc2)C1. The van der Waals surface area contributed by atoms with Crippen LogP contribution in [0.15, 0.2) is 48.5 Å². The molecule has 126 valence electrons. The normalized spacial score (nSPS) is 17.1. The number of likely N-dealkylation sites (tertiary alicyclic amines) is 1. The van der Waals surface area contributed by atoms with Crippen molar-refractivity contribution in [1.29, 1.82) is 0 Å². The summed E-state index contributed by atoms with van der Waals surface area (Å²) in [7, 11) is 1.93. The molecule has 24 heavy (non-hydrogen) atoms. The number of rotatable bonds is 5. The van der Waals surface area contributed by atoms with Gasteiger partial charge in [0.2, 0.25) is 0 Å². The van der Waals surface area contributed by atoms with E-state index in [0.29, 0.717) is 23.0 Å². The number of hydrogen-bond donors (Lipinski definition) is 1. The molecule has 2 aromatic carbocycles. The minimum Gasteiger partial charge on any atom is -0.457 e. The van der Waals surface area contributed by atoms with E-state index < -0.39 is 0 Å². The molecule has 0 radical (unpaired) electrons. The van der Waals surface area contributed by atoms with Crippen LogP contribution in [0, 0.1) is 11.7 Å². The summed E-state index contributed by atoms with van der Waals surface area (Å²) in [5.41, 5.74) is 0.645. The molecule has 1 fully saturated rings.